The largest absolute Gasteiger partial charge is 0.339 e. The molecule has 5 heteroatoms. The van der Waals surface area contributed by atoms with Crippen LogP contribution >= 0.6 is 0 Å². The average molecular weight is 363 g/mol. The number of aromatic nitrogens is 2. The maximum absolute atomic E-state index is 13.0. The Balaban J connectivity index is 1.71. The van der Waals surface area contributed by atoms with Crippen LogP contribution in [-0.4, -0.2) is 33.5 Å². The van der Waals surface area contributed by atoms with Gasteiger partial charge in [0.15, 0.2) is 0 Å². The van der Waals surface area contributed by atoms with Crippen molar-refractivity contribution in [2.24, 2.45) is 0 Å². The average Bonchev–Trinajstić information content (AvgIpc) is 3.18. The zero-order valence-electron chi connectivity index (χ0n) is 16.1. The van der Waals surface area contributed by atoms with E-state index in [1.54, 1.807) is 0 Å². The first-order valence-corrected chi connectivity index (χ1v) is 9.34. The molecule has 2 aromatic carbocycles. The fourth-order valence-corrected chi connectivity index (χ4v) is 2.88. The number of carbonyl (C=O) groups excluding carboxylic acids is 1. The van der Waals surface area contributed by atoms with Gasteiger partial charge in [-0.3, -0.25) is 4.79 Å². The van der Waals surface area contributed by atoms with Gasteiger partial charge in [-0.2, -0.15) is 4.98 Å². The molecule has 0 aliphatic carbocycles. The lowest BCUT2D eigenvalue weighted by Crippen LogP contribution is -2.39. The maximum atomic E-state index is 13.0. The predicted octanol–water partition coefficient (Wildman–Crippen LogP) is 4.53. The van der Waals surface area contributed by atoms with Gasteiger partial charge < -0.3 is 9.42 Å². The highest BCUT2D eigenvalue weighted by Crippen LogP contribution is 2.17. The van der Waals surface area contributed by atoms with E-state index in [0.717, 1.165) is 17.5 Å². The fourth-order valence-electron chi connectivity index (χ4n) is 2.88. The molecule has 1 aromatic heterocycles. The van der Waals surface area contributed by atoms with Crippen molar-refractivity contribution >= 4 is 5.91 Å². The number of nitrogens with zero attached hydrogens (tertiary/aromatic N) is 3. The number of carbonyl (C=O) groups is 1. The molecule has 0 saturated carbocycles. The lowest BCUT2D eigenvalue weighted by molar-refractivity contribution is 0.0686. The van der Waals surface area contributed by atoms with E-state index in [9.17, 15) is 4.79 Å². The van der Waals surface area contributed by atoms with Gasteiger partial charge in [0, 0.05) is 30.1 Å². The molecule has 0 aliphatic rings. The summed E-state index contributed by atoms with van der Waals surface area (Å²) in [5, 5.41) is 4.05. The summed E-state index contributed by atoms with van der Waals surface area (Å²) < 4.78 is 5.38. The summed E-state index contributed by atoms with van der Waals surface area (Å²) in [6.45, 7) is 6.70. The van der Waals surface area contributed by atoms with E-state index in [1.807, 2.05) is 66.4 Å². The highest BCUT2D eigenvalue weighted by Gasteiger charge is 2.21. The summed E-state index contributed by atoms with van der Waals surface area (Å²) in [6.07, 6.45) is 1.42. The number of aryl methyl sites for hydroxylation is 1. The smallest absolute Gasteiger partial charge is 0.254 e. The Morgan fingerprint density at radius 2 is 1.81 bits per heavy atom. The maximum Gasteiger partial charge on any atom is 0.254 e. The van der Waals surface area contributed by atoms with Gasteiger partial charge in [0.1, 0.15) is 0 Å². The van der Waals surface area contributed by atoms with Crippen LogP contribution < -0.4 is 0 Å². The van der Waals surface area contributed by atoms with Gasteiger partial charge in [0.2, 0.25) is 11.7 Å². The molecule has 27 heavy (non-hydrogen) atoms. The molecule has 0 saturated heterocycles. The van der Waals surface area contributed by atoms with Crippen LogP contribution in [0.3, 0.4) is 0 Å². The van der Waals surface area contributed by atoms with Gasteiger partial charge in [0.05, 0.1) is 0 Å². The SMILES string of the molecule is CC[C@H](C)N(CCc1nc(-c2ccccc2)no1)C(=O)c1ccc(C)cc1. The van der Waals surface area contributed by atoms with E-state index in [0.29, 0.717) is 30.2 Å². The van der Waals surface area contributed by atoms with Crippen molar-refractivity contribution in [2.45, 2.75) is 39.7 Å². The second-order valence-electron chi connectivity index (χ2n) is 6.75. The summed E-state index contributed by atoms with van der Waals surface area (Å²) in [6, 6.07) is 17.5. The first kappa shape index (κ1) is 18.8. The quantitative estimate of drug-likeness (QED) is 0.619. The number of benzene rings is 2. The molecule has 0 aliphatic heterocycles. The Hall–Kier alpha value is -2.95. The molecule has 1 amide bonds. The Kier molecular flexibility index (Phi) is 6.01. The van der Waals surface area contributed by atoms with Crippen molar-refractivity contribution < 1.29 is 9.32 Å². The minimum Gasteiger partial charge on any atom is -0.339 e. The summed E-state index contributed by atoms with van der Waals surface area (Å²) in [5.74, 6) is 1.15. The van der Waals surface area contributed by atoms with Crippen LogP contribution in [0.15, 0.2) is 59.1 Å². The molecule has 3 aromatic rings. The second-order valence-corrected chi connectivity index (χ2v) is 6.75. The summed E-state index contributed by atoms with van der Waals surface area (Å²) in [7, 11) is 0. The Labute approximate surface area is 160 Å². The van der Waals surface area contributed by atoms with Crippen LogP contribution in [0, 0.1) is 6.92 Å². The van der Waals surface area contributed by atoms with E-state index < -0.39 is 0 Å². The van der Waals surface area contributed by atoms with Crippen molar-refractivity contribution in [3.8, 4) is 11.4 Å². The minimum atomic E-state index is 0.0344. The number of hydrogen-bond acceptors (Lipinski definition) is 4. The Morgan fingerprint density at radius 1 is 1.11 bits per heavy atom. The highest BCUT2D eigenvalue weighted by atomic mass is 16.5. The van der Waals surface area contributed by atoms with Gasteiger partial charge in [-0.15, -0.1) is 0 Å². The summed E-state index contributed by atoms with van der Waals surface area (Å²) in [5.41, 5.74) is 2.76. The zero-order valence-corrected chi connectivity index (χ0v) is 16.1. The van der Waals surface area contributed by atoms with E-state index in [1.165, 1.54) is 0 Å². The number of hydrogen-bond donors (Lipinski definition) is 0. The molecular formula is C22H25N3O2. The molecule has 0 fully saturated rings. The van der Waals surface area contributed by atoms with Crippen molar-refractivity contribution in [1.82, 2.24) is 15.0 Å². The molecule has 3 rings (SSSR count). The van der Waals surface area contributed by atoms with Gasteiger partial charge in [-0.1, -0.05) is 60.1 Å². The molecular weight excluding hydrogens is 338 g/mol. The monoisotopic (exact) mass is 363 g/mol. The molecule has 0 bridgehead atoms. The van der Waals surface area contributed by atoms with Gasteiger partial charge in [-0.05, 0) is 32.4 Å². The lowest BCUT2D eigenvalue weighted by Gasteiger charge is -2.28. The summed E-state index contributed by atoms with van der Waals surface area (Å²) in [4.78, 5) is 19.3. The van der Waals surface area contributed by atoms with Crippen LogP contribution in [-0.2, 0) is 6.42 Å². The van der Waals surface area contributed by atoms with E-state index >= 15 is 0 Å². The van der Waals surface area contributed by atoms with Crippen molar-refractivity contribution in [3.05, 3.63) is 71.6 Å². The van der Waals surface area contributed by atoms with Crippen molar-refractivity contribution in [2.75, 3.05) is 6.54 Å². The Morgan fingerprint density at radius 3 is 2.48 bits per heavy atom. The number of rotatable bonds is 7. The second kappa shape index (κ2) is 8.62. The van der Waals surface area contributed by atoms with Gasteiger partial charge in [-0.25, -0.2) is 0 Å². The standard InChI is InChI=1S/C22H25N3O2/c1-4-17(3)25(22(26)19-12-10-16(2)11-13-19)15-14-20-23-21(24-27-20)18-8-6-5-7-9-18/h5-13,17H,4,14-15H2,1-3H3/t17-/m0/s1. The molecule has 0 radical (unpaired) electrons. The first-order valence-electron chi connectivity index (χ1n) is 9.34. The van der Waals surface area contributed by atoms with Crippen molar-refractivity contribution in [1.29, 1.82) is 0 Å². The Bertz CT molecular complexity index is 872. The third kappa shape index (κ3) is 4.61. The van der Waals surface area contributed by atoms with Crippen LogP contribution in [0.4, 0.5) is 0 Å². The van der Waals surface area contributed by atoms with E-state index in [4.69, 9.17) is 4.52 Å². The minimum absolute atomic E-state index is 0.0344. The third-order valence-corrected chi connectivity index (χ3v) is 4.75. The fraction of sp³-hybridized carbons (Fsp3) is 0.318. The topological polar surface area (TPSA) is 59.2 Å². The first-order chi connectivity index (χ1) is 13.1. The summed E-state index contributed by atoms with van der Waals surface area (Å²) >= 11 is 0. The van der Waals surface area contributed by atoms with Crippen LogP contribution in [0.1, 0.15) is 42.1 Å². The number of amides is 1. The normalized spacial score (nSPS) is 12.0. The van der Waals surface area contributed by atoms with E-state index in [-0.39, 0.29) is 11.9 Å². The zero-order chi connectivity index (χ0) is 19.2. The molecule has 5 nitrogen and oxygen atoms in total. The third-order valence-electron chi connectivity index (χ3n) is 4.75. The van der Waals surface area contributed by atoms with Crippen LogP contribution in [0.25, 0.3) is 11.4 Å². The highest BCUT2D eigenvalue weighted by molar-refractivity contribution is 5.94. The van der Waals surface area contributed by atoms with Crippen LogP contribution in [0.5, 0.6) is 0 Å². The predicted molar refractivity (Wildman–Crippen MR) is 105 cm³/mol. The molecule has 0 N–H and O–H groups in total. The van der Waals surface area contributed by atoms with Crippen molar-refractivity contribution in [3.63, 3.8) is 0 Å². The van der Waals surface area contributed by atoms with Gasteiger partial charge >= 0.3 is 0 Å². The molecule has 0 unspecified atom stereocenters. The van der Waals surface area contributed by atoms with Gasteiger partial charge in [0.25, 0.3) is 5.91 Å². The molecule has 1 heterocycles. The van der Waals surface area contributed by atoms with E-state index in [2.05, 4.69) is 24.0 Å². The molecule has 140 valence electrons. The molecule has 0 spiro atoms. The lowest BCUT2D eigenvalue weighted by atomic mass is 10.1. The molecule has 1 atom stereocenters. The van der Waals surface area contributed by atoms with Crippen LogP contribution in [0.2, 0.25) is 0 Å².